The summed E-state index contributed by atoms with van der Waals surface area (Å²) < 4.78 is 10.0. The van der Waals surface area contributed by atoms with E-state index in [1.165, 1.54) is 19.1 Å². The third-order valence-electron chi connectivity index (χ3n) is 4.45. The quantitative estimate of drug-likeness (QED) is 0.344. The first kappa shape index (κ1) is 28.7. The van der Waals surface area contributed by atoms with E-state index in [9.17, 15) is 29.4 Å². The summed E-state index contributed by atoms with van der Waals surface area (Å²) in [6, 6.07) is 3.51. The number of nitrogens with one attached hydrogen (secondary N) is 2. The largest absolute Gasteiger partial charge is 0.508 e. The number of aliphatic hydroxyl groups is 1. The molecule has 1 rings (SSSR count). The number of phenols is 1. The molecule has 0 bridgehead atoms. The molecule has 1 aromatic rings. The van der Waals surface area contributed by atoms with Crippen LogP contribution >= 0.6 is 0 Å². The predicted octanol–water partition coefficient (Wildman–Crippen LogP) is 1.24. The fourth-order valence-electron chi connectivity index (χ4n) is 3.06. The number of ether oxygens (including phenoxy) is 2. The van der Waals surface area contributed by atoms with Crippen LogP contribution in [-0.4, -0.2) is 76.9 Å². The maximum atomic E-state index is 13.2. The Morgan fingerprint density at radius 3 is 2.35 bits per heavy atom. The van der Waals surface area contributed by atoms with Gasteiger partial charge in [0.25, 0.3) is 0 Å². The van der Waals surface area contributed by atoms with E-state index in [1.54, 1.807) is 39.8 Å². The van der Waals surface area contributed by atoms with E-state index in [-0.39, 0.29) is 37.4 Å². The number of para-hydroxylation sites is 1. The van der Waals surface area contributed by atoms with Gasteiger partial charge in [-0.1, -0.05) is 18.2 Å². The van der Waals surface area contributed by atoms with E-state index in [4.69, 9.17) is 9.47 Å². The van der Waals surface area contributed by atoms with Gasteiger partial charge < -0.3 is 35.2 Å². The lowest BCUT2D eigenvalue weighted by Gasteiger charge is -2.33. The van der Waals surface area contributed by atoms with E-state index in [1.807, 2.05) is 0 Å². The minimum absolute atomic E-state index is 0.0609. The molecular formula is C23H35N3O8. The standard InChI is InChI=1S/C23H35N3O8/c1-6-33-18(29)11-12-24-20(30)19(16-9-7-8-10-17(16)28)26(13-14-27)21(31)15(2)25-22(32)34-23(3,4)5/h7-10,15,19,27-28H,6,11-14H2,1-5H3,(H,24,30)(H,25,32). The second-order valence-corrected chi connectivity index (χ2v) is 8.43. The molecule has 0 aliphatic rings. The van der Waals surface area contributed by atoms with Gasteiger partial charge in [-0.3, -0.25) is 14.4 Å². The van der Waals surface area contributed by atoms with E-state index in [2.05, 4.69) is 10.6 Å². The molecule has 0 aromatic heterocycles. The van der Waals surface area contributed by atoms with Crippen molar-refractivity contribution in [2.24, 2.45) is 0 Å². The van der Waals surface area contributed by atoms with Gasteiger partial charge >= 0.3 is 12.1 Å². The van der Waals surface area contributed by atoms with Crippen molar-refractivity contribution in [3.8, 4) is 5.75 Å². The first-order chi connectivity index (χ1) is 15.9. The highest BCUT2D eigenvalue weighted by atomic mass is 16.6. The van der Waals surface area contributed by atoms with Gasteiger partial charge in [-0.2, -0.15) is 0 Å². The first-order valence-corrected chi connectivity index (χ1v) is 11.0. The molecule has 0 fully saturated rings. The highest BCUT2D eigenvalue weighted by Crippen LogP contribution is 2.29. The number of alkyl carbamates (subject to hydrolysis) is 1. The third-order valence-corrected chi connectivity index (χ3v) is 4.45. The fraction of sp³-hybridized carbons (Fsp3) is 0.565. The number of carbonyl (C=O) groups is 4. The van der Waals surface area contributed by atoms with Crippen molar-refractivity contribution in [2.75, 3.05) is 26.3 Å². The Bertz CT molecular complexity index is 853. The average molecular weight is 482 g/mol. The van der Waals surface area contributed by atoms with Gasteiger partial charge in [-0.15, -0.1) is 0 Å². The van der Waals surface area contributed by atoms with Crippen LogP contribution in [0.1, 0.15) is 52.6 Å². The van der Waals surface area contributed by atoms with Gasteiger partial charge in [0.15, 0.2) is 0 Å². The SMILES string of the molecule is CCOC(=O)CCNC(=O)C(c1ccccc1O)N(CCO)C(=O)C(C)NC(=O)OC(C)(C)C. The molecule has 1 aromatic carbocycles. The zero-order valence-electron chi connectivity index (χ0n) is 20.3. The van der Waals surface area contributed by atoms with Crippen molar-refractivity contribution >= 4 is 23.9 Å². The van der Waals surface area contributed by atoms with Crippen LogP contribution in [-0.2, 0) is 23.9 Å². The predicted molar refractivity (Wildman–Crippen MR) is 123 cm³/mol. The summed E-state index contributed by atoms with van der Waals surface area (Å²) in [5.41, 5.74) is -0.670. The molecule has 0 spiro atoms. The molecule has 34 heavy (non-hydrogen) atoms. The Labute approximate surface area is 199 Å². The number of phenolic OH excluding ortho intramolecular Hbond substituents is 1. The number of carbonyl (C=O) groups excluding carboxylic acids is 4. The van der Waals surface area contributed by atoms with Crippen LogP contribution in [0, 0.1) is 0 Å². The number of aromatic hydroxyl groups is 1. The Hall–Kier alpha value is -3.34. The summed E-state index contributed by atoms with van der Waals surface area (Å²) in [6.07, 6.45) is -0.909. The van der Waals surface area contributed by atoms with Crippen molar-refractivity contribution in [3.05, 3.63) is 29.8 Å². The van der Waals surface area contributed by atoms with E-state index in [0.29, 0.717) is 0 Å². The van der Waals surface area contributed by atoms with E-state index >= 15 is 0 Å². The van der Waals surface area contributed by atoms with E-state index < -0.39 is 48.2 Å². The summed E-state index contributed by atoms with van der Waals surface area (Å²) in [6.45, 7) is 7.49. The molecule has 0 aliphatic carbocycles. The van der Waals surface area contributed by atoms with Crippen molar-refractivity contribution in [1.82, 2.24) is 15.5 Å². The topological polar surface area (TPSA) is 154 Å². The van der Waals surface area contributed by atoms with Crippen LogP contribution in [0.4, 0.5) is 4.79 Å². The van der Waals surface area contributed by atoms with Gasteiger partial charge in [0, 0.05) is 18.7 Å². The molecule has 0 heterocycles. The zero-order chi connectivity index (χ0) is 25.9. The number of hydrogen-bond acceptors (Lipinski definition) is 8. The second kappa shape index (κ2) is 13.4. The van der Waals surface area contributed by atoms with Gasteiger partial charge in [-0.05, 0) is 40.7 Å². The Balaban J connectivity index is 3.17. The van der Waals surface area contributed by atoms with Crippen molar-refractivity contribution in [2.45, 2.75) is 58.7 Å². The molecule has 0 radical (unpaired) electrons. The molecular weight excluding hydrogens is 446 g/mol. The smallest absolute Gasteiger partial charge is 0.408 e. The molecule has 11 nitrogen and oxygen atoms in total. The van der Waals surface area contributed by atoms with Gasteiger partial charge in [0.1, 0.15) is 23.4 Å². The Kier molecular flexibility index (Phi) is 11.3. The molecule has 0 saturated carbocycles. The monoisotopic (exact) mass is 481 g/mol. The van der Waals surface area contributed by atoms with Gasteiger partial charge in [-0.25, -0.2) is 4.79 Å². The molecule has 2 atom stereocenters. The van der Waals surface area contributed by atoms with Crippen molar-refractivity contribution < 1.29 is 38.9 Å². The Morgan fingerprint density at radius 1 is 1.15 bits per heavy atom. The number of nitrogens with zero attached hydrogens (tertiary/aromatic N) is 1. The van der Waals surface area contributed by atoms with E-state index in [0.717, 1.165) is 4.90 Å². The summed E-state index contributed by atoms with van der Waals surface area (Å²) in [5.74, 6) is -2.11. The van der Waals surface area contributed by atoms with Crippen LogP contribution in [0.2, 0.25) is 0 Å². The lowest BCUT2D eigenvalue weighted by atomic mass is 10.0. The van der Waals surface area contributed by atoms with Crippen LogP contribution in [0.3, 0.4) is 0 Å². The number of amides is 3. The highest BCUT2D eigenvalue weighted by Gasteiger charge is 2.35. The molecule has 0 saturated heterocycles. The van der Waals surface area contributed by atoms with Crippen LogP contribution in [0.15, 0.2) is 24.3 Å². The summed E-state index contributed by atoms with van der Waals surface area (Å²) in [7, 11) is 0. The lowest BCUT2D eigenvalue weighted by Crippen LogP contribution is -2.52. The summed E-state index contributed by atoms with van der Waals surface area (Å²) in [4.78, 5) is 51.1. The maximum Gasteiger partial charge on any atom is 0.408 e. The minimum atomic E-state index is -1.34. The van der Waals surface area contributed by atoms with Crippen molar-refractivity contribution in [1.29, 1.82) is 0 Å². The summed E-state index contributed by atoms with van der Waals surface area (Å²) >= 11 is 0. The normalized spacial score (nSPS) is 12.8. The van der Waals surface area contributed by atoms with Crippen LogP contribution in [0.25, 0.3) is 0 Å². The van der Waals surface area contributed by atoms with Gasteiger partial charge in [0.2, 0.25) is 11.8 Å². The van der Waals surface area contributed by atoms with Crippen LogP contribution in [0.5, 0.6) is 5.75 Å². The zero-order valence-corrected chi connectivity index (χ0v) is 20.3. The summed E-state index contributed by atoms with van der Waals surface area (Å²) in [5, 5.41) is 25.0. The lowest BCUT2D eigenvalue weighted by molar-refractivity contribution is -0.144. The molecule has 3 amide bonds. The maximum absolute atomic E-state index is 13.2. The van der Waals surface area contributed by atoms with Gasteiger partial charge in [0.05, 0.1) is 19.6 Å². The number of esters is 1. The first-order valence-electron chi connectivity index (χ1n) is 11.0. The molecule has 11 heteroatoms. The fourth-order valence-corrected chi connectivity index (χ4v) is 3.06. The van der Waals surface area contributed by atoms with Crippen molar-refractivity contribution in [3.63, 3.8) is 0 Å². The highest BCUT2D eigenvalue weighted by molar-refractivity contribution is 5.92. The minimum Gasteiger partial charge on any atom is -0.508 e. The molecule has 190 valence electrons. The number of benzene rings is 1. The number of aliphatic hydroxyl groups excluding tert-OH is 1. The molecule has 4 N–H and O–H groups in total. The van der Waals surface area contributed by atoms with Crippen LogP contribution < -0.4 is 10.6 Å². The third kappa shape index (κ3) is 9.26. The number of hydrogen-bond donors (Lipinski definition) is 4. The average Bonchev–Trinajstić information content (AvgIpc) is 2.72. The Morgan fingerprint density at radius 2 is 1.79 bits per heavy atom. The molecule has 2 unspecified atom stereocenters. The second-order valence-electron chi connectivity index (χ2n) is 8.43. The number of rotatable bonds is 11. The molecule has 0 aliphatic heterocycles.